The lowest BCUT2D eigenvalue weighted by molar-refractivity contribution is 0.0697. The lowest BCUT2D eigenvalue weighted by Crippen LogP contribution is -2.50. The molecule has 1 aliphatic heterocycles. The zero-order valence-electron chi connectivity index (χ0n) is 14.3. The average Bonchev–Trinajstić information content (AvgIpc) is 2.95. The van der Waals surface area contributed by atoms with Crippen LogP contribution in [0.5, 0.6) is 0 Å². The topological polar surface area (TPSA) is 57.7 Å². The van der Waals surface area contributed by atoms with Gasteiger partial charge in [-0.15, -0.1) is 11.3 Å². The zero-order chi connectivity index (χ0) is 19.1. The van der Waals surface area contributed by atoms with Crippen LogP contribution in [-0.2, 0) is 10.0 Å². The molecule has 2 aromatic rings. The summed E-state index contributed by atoms with van der Waals surface area (Å²) in [7, 11) is -3.77. The Balaban J connectivity index is 1.72. The number of hydrogen-bond acceptors (Lipinski definition) is 4. The van der Waals surface area contributed by atoms with Gasteiger partial charge in [-0.1, -0.05) is 11.6 Å². The molecule has 0 aliphatic carbocycles. The van der Waals surface area contributed by atoms with Crippen LogP contribution >= 0.6 is 22.9 Å². The van der Waals surface area contributed by atoms with Gasteiger partial charge in [-0.25, -0.2) is 12.8 Å². The fourth-order valence-corrected chi connectivity index (χ4v) is 5.54. The van der Waals surface area contributed by atoms with Crippen LogP contribution in [0, 0.1) is 19.7 Å². The van der Waals surface area contributed by atoms with Crippen molar-refractivity contribution in [1.29, 1.82) is 0 Å². The van der Waals surface area contributed by atoms with E-state index < -0.39 is 15.8 Å². The number of nitrogens with zero attached hydrogens (tertiary/aromatic N) is 2. The second kappa shape index (κ2) is 7.26. The number of halogens is 2. The first kappa shape index (κ1) is 19.3. The molecular formula is C17H18ClFN2O3S2. The van der Waals surface area contributed by atoms with E-state index in [1.165, 1.54) is 10.4 Å². The number of thiophene rings is 1. The number of aryl methyl sites for hydroxylation is 2. The summed E-state index contributed by atoms with van der Waals surface area (Å²) in [5.41, 5.74) is 0.675. The van der Waals surface area contributed by atoms with Gasteiger partial charge in [0.05, 0.1) is 15.5 Å². The van der Waals surface area contributed by atoms with Gasteiger partial charge in [-0.2, -0.15) is 4.31 Å². The molecule has 140 valence electrons. The molecule has 5 nitrogen and oxygen atoms in total. The summed E-state index contributed by atoms with van der Waals surface area (Å²) in [4.78, 5) is 16.3. The summed E-state index contributed by atoms with van der Waals surface area (Å²) >= 11 is 7.27. The minimum Gasteiger partial charge on any atom is -0.336 e. The molecule has 0 atom stereocenters. The monoisotopic (exact) mass is 416 g/mol. The molecule has 2 heterocycles. The maximum Gasteiger partial charge on any atom is 0.255 e. The van der Waals surface area contributed by atoms with Gasteiger partial charge in [-0.3, -0.25) is 4.79 Å². The Morgan fingerprint density at radius 2 is 1.81 bits per heavy atom. The van der Waals surface area contributed by atoms with Crippen LogP contribution in [0.2, 0.25) is 5.02 Å². The van der Waals surface area contributed by atoms with Gasteiger partial charge in [0.15, 0.2) is 0 Å². The number of carbonyl (C=O) groups is 1. The van der Waals surface area contributed by atoms with E-state index in [-0.39, 0.29) is 28.9 Å². The van der Waals surface area contributed by atoms with Gasteiger partial charge in [0.1, 0.15) is 5.82 Å². The second-order valence-electron chi connectivity index (χ2n) is 6.10. The fraction of sp³-hybridized carbons (Fsp3) is 0.353. The molecule has 0 spiro atoms. The quantitative estimate of drug-likeness (QED) is 0.771. The van der Waals surface area contributed by atoms with Crippen molar-refractivity contribution in [1.82, 2.24) is 9.21 Å². The van der Waals surface area contributed by atoms with Gasteiger partial charge >= 0.3 is 0 Å². The Kier molecular flexibility index (Phi) is 5.39. The van der Waals surface area contributed by atoms with Crippen LogP contribution in [0.3, 0.4) is 0 Å². The number of sulfonamides is 1. The summed E-state index contributed by atoms with van der Waals surface area (Å²) in [5.74, 6) is -0.740. The third kappa shape index (κ3) is 3.64. The van der Waals surface area contributed by atoms with Crippen molar-refractivity contribution in [3.05, 3.63) is 50.4 Å². The highest BCUT2D eigenvalue weighted by molar-refractivity contribution is 7.89. The summed E-state index contributed by atoms with van der Waals surface area (Å²) in [6.45, 7) is 4.84. The SMILES string of the molecule is Cc1cc(C(=O)N2CCN(S(=O)(=O)c3ccc(F)c(Cl)c3)CC2)c(C)s1. The molecule has 1 saturated heterocycles. The number of carbonyl (C=O) groups excluding carboxylic acids is 1. The molecule has 1 fully saturated rings. The smallest absolute Gasteiger partial charge is 0.255 e. The molecule has 0 N–H and O–H groups in total. The van der Waals surface area contributed by atoms with Crippen molar-refractivity contribution < 1.29 is 17.6 Å². The molecule has 1 aliphatic rings. The number of piperazine rings is 1. The molecule has 1 aromatic carbocycles. The predicted octanol–water partition coefficient (Wildman–Crippen LogP) is 3.30. The first-order chi connectivity index (χ1) is 12.2. The molecule has 0 radical (unpaired) electrons. The normalized spacial score (nSPS) is 16.1. The van der Waals surface area contributed by atoms with Gasteiger partial charge < -0.3 is 4.90 Å². The number of amides is 1. The summed E-state index contributed by atoms with van der Waals surface area (Å²) < 4.78 is 40.0. The Labute approximate surface area is 161 Å². The van der Waals surface area contributed by atoms with E-state index >= 15 is 0 Å². The van der Waals surface area contributed by atoms with Crippen molar-refractivity contribution >= 4 is 38.9 Å². The highest BCUT2D eigenvalue weighted by atomic mass is 35.5. The third-order valence-electron chi connectivity index (χ3n) is 4.33. The Morgan fingerprint density at radius 3 is 2.35 bits per heavy atom. The van der Waals surface area contributed by atoms with Crippen molar-refractivity contribution in [2.24, 2.45) is 0 Å². The lowest BCUT2D eigenvalue weighted by Gasteiger charge is -2.34. The Morgan fingerprint density at radius 1 is 1.15 bits per heavy atom. The van der Waals surface area contributed by atoms with E-state index in [4.69, 9.17) is 11.6 Å². The first-order valence-electron chi connectivity index (χ1n) is 8.01. The van der Waals surface area contributed by atoms with Crippen LogP contribution in [0.4, 0.5) is 4.39 Å². The van der Waals surface area contributed by atoms with Crippen LogP contribution in [0.25, 0.3) is 0 Å². The maximum atomic E-state index is 13.3. The van der Waals surface area contributed by atoms with Gasteiger partial charge in [0, 0.05) is 35.9 Å². The predicted molar refractivity (Wildman–Crippen MR) is 99.9 cm³/mol. The standard InChI is InChI=1S/C17H18ClFN2O3S2/c1-11-9-14(12(2)25-11)17(22)20-5-7-21(8-6-20)26(23,24)13-3-4-16(19)15(18)10-13/h3-4,9-10H,5-8H2,1-2H3. The number of hydrogen-bond donors (Lipinski definition) is 0. The van der Waals surface area contributed by atoms with E-state index in [0.717, 1.165) is 21.9 Å². The molecule has 0 unspecified atom stereocenters. The fourth-order valence-electron chi connectivity index (χ4n) is 2.93. The zero-order valence-corrected chi connectivity index (χ0v) is 16.7. The number of benzene rings is 1. The summed E-state index contributed by atoms with van der Waals surface area (Å²) in [6.07, 6.45) is 0. The molecular weight excluding hydrogens is 399 g/mol. The van der Waals surface area contributed by atoms with Gasteiger partial charge in [-0.05, 0) is 38.1 Å². The Bertz CT molecular complexity index is 951. The molecule has 1 aromatic heterocycles. The molecule has 0 saturated carbocycles. The van der Waals surface area contributed by atoms with Crippen molar-refractivity contribution in [2.75, 3.05) is 26.2 Å². The molecule has 26 heavy (non-hydrogen) atoms. The maximum absolute atomic E-state index is 13.3. The highest BCUT2D eigenvalue weighted by Gasteiger charge is 2.31. The first-order valence-corrected chi connectivity index (χ1v) is 10.6. The number of rotatable bonds is 3. The van der Waals surface area contributed by atoms with Crippen LogP contribution in [0.15, 0.2) is 29.2 Å². The van der Waals surface area contributed by atoms with E-state index in [1.807, 2.05) is 19.9 Å². The largest absolute Gasteiger partial charge is 0.336 e. The lowest BCUT2D eigenvalue weighted by atomic mass is 10.2. The van der Waals surface area contributed by atoms with Crippen LogP contribution < -0.4 is 0 Å². The van der Waals surface area contributed by atoms with Gasteiger partial charge in [0.25, 0.3) is 5.91 Å². The molecule has 1 amide bonds. The second-order valence-corrected chi connectivity index (χ2v) is 9.90. The van der Waals surface area contributed by atoms with E-state index in [1.54, 1.807) is 16.2 Å². The van der Waals surface area contributed by atoms with E-state index in [0.29, 0.717) is 18.7 Å². The van der Waals surface area contributed by atoms with Gasteiger partial charge in [0.2, 0.25) is 10.0 Å². The summed E-state index contributed by atoms with van der Waals surface area (Å²) in [5, 5.41) is -0.233. The minimum atomic E-state index is -3.77. The van der Waals surface area contributed by atoms with Crippen LogP contribution in [-0.4, -0.2) is 49.7 Å². The minimum absolute atomic E-state index is 0.0482. The summed E-state index contributed by atoms with van der Waals surface area (Å²) in [6, 6.07) is 5.22. The molecule has 9 heteroatoms. The molecule has 0 bridgehead atoms. The molecule has 3 rings (SSSR count). The highest BCUT2D eigenvalue weighted by Crippen LogP contribution is 2.25. The van der Waals surface area contributed by atoms with Crippen LogP contribution in [0.1, 0.15) is 20.1 Å². The van der Waals surface area contributed by atoms with E-state index in [2.05, 4.69) is 0 Å². The third-order valence-corrected chi connectivity index (χ3v) is 7.48. The van der Waals surface area contributed by atoms with E-state index in [9.17, 15) is 17.6 Å². The van der Waals surface area contributed by atoms with Crippen molar-refractivity contribution in [3.8, 4) is 0 Å². The average molecular weight is 417 g/mol. The Hall–Kier alpha value is -1.48. The van der Waals surface area contributed by atoms with Crippen molar-refractivity contribution in [3.63, 3.8) is 0 Å². The van der Waals surface area contributed by atoms with Crippen molar-refractivity contribution in [2.45, 2.75) is 18.7 Å².